The van der Waals surface area contributed by atoms with Gasteiger partial charge in [0.2, 0.25) is 0 Å². The molecule has 2 aliphatic carbocycles. The van der Waals surface area contributed by atoms with Crippen LogP contribution in [-0.2, 0) is 4.74 Å². The van der Waals surface area contributed by atoms with Crippen LogP contribution in [-0.4, -0.2) is 46.6 Å². The molecule has 2 aliphatic rings. The molecule has 5 nitrogen and oxygen atoms in total. The summed E-state index contributed by atoms with van der Waals surface area (Å²) < 4.78 is 5.99. The second-order valence-electron chi connectivity index (χ2n) is 6.95. The first kappa shape index (κ1) is 16.4. The van der Waals surface area contributed by atoms with Gasteiger partial charge in [0.05, 0.1) is 18.0 Å². The van der Waals surface area contributed by atoms with Gasteiger partial charge in [-0.3, -0.25) is 9.78 Å². The van der Waals surface area contributed by atoms with E-state index in [0.717, 1.165) is 18.7 Å². The van der Waals surface area contributed by atoms with Crippen LogP contribution >= 0.6 is 0 Å². The molecule has 1 heterocycles. The summed E-state index contributed by atoms with van der Waals surface area (Å²) in [5.74, 6) is -0.0256. The lowest BCUT2D eigenvalue weighted by molar-refractivity contribution is -0.170. The molecular weight excluding hydrogens is 290 g/mol. The second-order valence-corrected chi connectivity index (χ2v) is 6.95. The number of hydrogen-bond acceptors (Lipinski definition) is 4. The van der Waals surface area contributed by atoms with Crippen LogP contribution in [0.5, 0.6) is 0 Å². The van der Waals surface area contributed by atoms with Gasteiger partial charge in [-0.2, -0.15) is 0 Å². The fourth-order valence-electron chi connectivity index (χ4n) is 4.40. The Morgan fingerprint density at radius 2 is 2.04 bits per heavy atom. The van der Waals surface area contributed by atoms with Crippen LogP contribution in [0.4, 0.5) is 0 Å². The molecule has 5 heteroatoms. The van der Waals surface area contributed by atoms with Gasteiger partial charge in [-0.15, -0.1) is 0 Å². The zero-order valence-corrected chi connectivity index (χ0v) is 14.4. The van der Waals surface area contributed by atoms with Crippen molar-refractivity contribution in [3.05, 3.63) is 23.8 Å². The standard InChI is InChI=1S/C18H27N3O2/c1-4-23-16-10-15(18(16)8-6-5-7-9-18)21(3)17(22)14-12-19-13(2)11-20-14/h11-12,15-16H,4-10H2,1-3H3. The van der Waals surface area contributed by atoms with Crippen LogP contribution in [0.3, 0.4) is 0 Å². The number of nitrogens with zero attached hydrogens (tertiary/aromatic N) is 3. The molecule has 126 valence electrons. The summed E-state index contributed by atoms with van der Waals surface area (Å²) in [4.78, 5) is 23.1. The fraction of sp³-hybridized carbons (Fsp3) is 0.722. The summed E-state index contributed by atoms with van der Waals surface area (Å²) in [5, 5.41) is 0. The lowest BCUT2D eigenvalue weighted by atomic mass is 9.54. The molecule has 0 N–H and O–H groups in total. The smallest absolute Gasteiger partial charge is 0.274 e. The molecule has 0 aliphatic heterocycles. The normalized spacial score (nSPS) is 25.9. The van der Waals surface area contributed by atoms with E-state index in [1.54, 1.807) is 12.4 Å². The van der Waals surface area contributed by atoms with E-state index in [0.29, 0.717) is 11.8 Å². The molecule has 2 fully saturated rings. The lowest BCUT2D eigenvalue weighted by Gasteiger charge is -2.60. The molecular formula is C18H27N3O2. The Bertz CT molecular complexity index is 552. The number of carbonyl (C=O) groups is 1. The van der Waals surface area contributed by atoms with Gasteiger partial charge in [0, 0.05) is 31.3 Å². The molecule has 0 saturated heterocycles. The summed E-state index contributed by atoms with van der Waals surface area (Å²) >= 11 is 0. The molecule has 1 spiro atoms. The highest BCUT2D eigenvalue weighted by Crippen LogP contribution is 2.55. The SMILES string of the molecule is CCOC1CC(N(C)C(=O)c2cnc(C)cn2)C12CCCCC2. The van der Waals surface area contributed by atoms with Gasteiger partial charge in [-0.25, -0.2) is 4.98 Å². The predicted molar refractivity (Wildman–Crippen MR) is 88.2 cm³/mol. The molecule has 1 amide bonds. The van der Waals surface area contributed by atoms with Gasteiger partial charge in [0.25, 0.3) is 5.91 Å². The molecule has 1 aromatic rings. The van der Waals surface area contributed by atoms with Gasteiger partial charge >= 0.3 is 0 Å². The van der Waals surface area contributed by atoms with Gasteiger partial charge in [-0.1, -0.05) is 19.3 Å². The first-order valence-corrected chi connectivity index (χ1v) is 8.76. The van der Waals surface area contributed by atoms with Crippen molar-refractivity contribution < 1.29 is 9.53 Å². The third-order valence-electron chi connectivity index (χ3n) is 5.68. The van der Waals surface area contributed by atoms with Crippen molar-refractivity contribution in [2.75, 3.05) is 13.7 Å². The van der Waals surface area contributed by atoms with E-state index in [1.165, 1.54) is 32.1 Å². The Labute approximate surface area is 138 Å². The average molecular weight is 317 g/mol. The maximum absolute atomic E-state index is 12.8. The predicted octanol–water partition coefficient (Wildman–Crippen LogP) is 2.98. The number of aromatic nitrogens is 2. The largest absolute Gasteiger partial charge is 0.378 e. The van der Waals surface area contributed by atoms with Crippen molar-refractivity contribution >= 4 is 5.91 Å². The Morgan fingerprint density at radius 1 is 1.30 bits per heavy atom. The van der Waals surface area contributed by atoms with Crippen LogP contribution in [0.1, 0.15) is 61.6 Å². The Balaban J connectivity index is 1.77. The highest BCUT2D eigenvalue weighted by molar-refractivity contribution is 5.92. The Hall–Kier alpha value is -1.49. The molecule has 0 radical (unpaired) electrons. The molecule has 1 aromatic heterocycles. The van der Waals surface area contributed by atoms with Crippen LogP contribution in [0.15, 0.2) is 12.4 Å². The third-order valence-corrected chi connectivity index (χ3v) is 5.68. The van der Waals surface area contributed by atoms with E-state index in [1.807, 2.05) is 18.9 Å². The van der Waals surface area contributed by atoms with Crippen LogP contribution in [0.25, 0.3) is 0 Å². The zero-order chi connectivity index (χ0) is 16.4. The quantitative estimate of drug-likeness (QED) is 0.856. The number of amides is 1. The second kappa shape index (κ2) is 6.56. The van der Waals surface area contributed by atoms with E-state index < -0.39 is 0 Å². The summed E-state index contributed by atoms with van der Waals surface area (Å²) in [6.07, 6.45) is 10.6. The highest BCUT2D eigenvalue weighted by Gasteiger charge is 2.57. The first-order valence-electron chi connectivity index (χ1n) is 8.76. The molecule has 23 heavy (non-hydrogen) atoms. The number of ether oxygens (including phenoxy) is 1. The minimum atomic E-state index is -0.0256. The topological polar surface area (TPSA) is 55.3 Å². The minimum Gasteiger partial charge on any atom is -0.378 e. The summed E-state index contributed by atoms with van der Waals surface area (Å²) in [5.41, 5.74) is 1.41. The number of carbonyl (C=O) groups excluding carboxylic acids is 1. The summed E-state index contributed by atoms with van der Waals surface area (Å²) in [7, 11) is 1.91. The maximum atomic E-state index is 12.8. The van der Waals surface area contributed by atoms with Gasteiger partial charge in [0.1, 0.15) is 5.69 Å². The summed E-state index contributed by atoms with van der Waals surface area (Å²) in [6, 6.07) is 0.259. The van der Waals surface area contributed by atoms with Gasteiger partial charge in [0.15, 0.2) is 0 Å². The van der Waals surface area contributed by atoms with Crippen molar-refractivity contribution in [2.45, 2.75) is 64.5 Å². The van der Waals surface area contributed by atoms with Crippen molar-refractivity contribution in [3.63, 3.8) is 0 Å². The van der Waals surface area contributed by atoms with Gasteiger partial charge in [-0.05, 0) is 33.1 Å². The monoisotopic (exact) mass is 317 g/mol. The Kier molecular flexibility index (Phi) is 4.67. The zero-order valence-electron chi connectivity index (χ0n) is 14.4. The number of aryl methyl sites for hydroxylation is 1. The third kappa shape index (κ3) is 2.87. The molecule has 2 atom stereocenters. The van der Waals surface area contributed by atoms with E-state index in [9.17, 15) is 4.79 Å². The molecule has 3 rings (SSSR count). The molecule has 0 bridgehead atoms. The van der Waals surface area contributed by atoms with E-state index in [2.05, 4.69) is 16.9 Å². The average Bonchev–Trinajstić information content (AvgIpc) is 2.58. The molecule has 2 saturated carbocycles. The van der Waals surface area contributed by atoms with Crippen molar-refractivity contribution in [3.8, 4) is 0 Å². The number of hydrogen-bond donors (Lipinski definition) is 0. The van der Waals surface area contributed by atoms with Crippen LogP contribution < -0.4 is 0 Å². The van der Waals surface area contributed by atoms with Crippen LogP contribution in [0.2, 0.25) is 0 Å². The molecule has 2 unspecified atom stereocenters. The molecule has 0 aromatic carbocycles. The van der Waals surface area contributed by atoms with E-state index in [4.69, 9.17) is 4.74 Å². The highest BCUT2D eigenvalue weighted by atomic mass is 16.5. The lowest BCUT2D eigenvalue weighted by Crippen LogP contribution is -2.65. The van der Waals surface area contributed by atoms with Crippen LogP contribution in [0, 0.1) is 12.3 Å². The van der Waals surface area contributed by atoms with Crippen molar-refractivity contribution in [2.24, 2.45) is 5.41 Å². The first-order chi connectivity index (χ1) is 11.1. The van der Waals surface area contributed by atoms with E-state index in [-0.39, 0.29) is 17.4 Å². The maximum Gasteiger partial charge on any atom is 0.274 e. The van der Waals surface area contributed by atoms with E-state index >= 15 is 0 Å². The van der Waals surface area contributed by atoms with Crippen molar-refractivity contribution in [1.82, 2.24) is 14.9 Å². The van der Waals surface area contributed by atoms with Crippen molar-refractivity contribution in [1.29, 1.82) is 0 Å². The minimum absolute atomic E-state index is 0.0256. The Morgan fingerprint density at radius 3 is 2.65 bits per heavy atom. The van der Waals surface area contributed by atoms with Gasteiger partial charge < -0.3 is 9.64 Å². The number of rotatable bonds is 4. The summed E-state index contributed by atoms with van der Waals surface area (Å²) in [6.45, 7) is 4.68. The fourth-order valence-corrected chi connectivity index (χ4v) is 4.40.